The maximum Gasteiger partial charge on any atom is 0.183 e. The first-order chi connectivity index (χ1) is 10.8. The van der Waals surface area contributed by atoms with Crippen molar-refractivity contribution in [2.45, 2.75) is 19.4 Å². The molecule has 0 saturated carbocycles. The van der Waals surface area contributed by atoms with Crippen LogP contribution in [0.15, 0.2) is 36.5 Å². The summed E-state index contributed by atoms with van der Waals surface area (Å²) in [6.45, 7) is 3.09. The van der Waals surface area contributed by atoms with Gasteiger partial charge in [-0.15, -0.1) is 5.10 Å². The van der Waals surface area contributed by atoms with Crippen LogP contribution in [0, 0.1) is 5.82 Å². The fourth-order valence-corrected chi connectivity index (χ4v) is 3.01. The number of hydrogen-bond acceptors (Lipinski definition) is 4. The lowest BCUT2D eigenvalue weighted by Crippen LogP contribution is -2.19. The number of likely N-dealkylation sites (tertiary alicyclic amines) is 1. The molecule has 6 heteroatoms. The summed E-state index contributed by atoms with van der Waals surface area (Å²) in [5.74, 6) is -0.232. The van der Waals surface area contributed by atoms with Crippen LogP contribution >= 0.6 is 0 Å². The molecule has 1 aromatic carbocycles. The van der Waals surface area contributed by atoms with Gasteiger partial charge in [0.1, 0.15) is 5.82 Å². The fraction of sp³-hybridized carbons (Fsp3) is 0.312. The van der Waals surface area contributed by atoms with E-state index in [4.69, 9.17) is 0 Å². The van der Waals surface area contributed by atoms with E-state index in [-0.39, 0.29) is 5.82 Å². The van der Waals surface area contributed by atoms with Crippen LogP contribution in [0.3, 0.4) is 0 Å². The third kappa shape index (κ3) is 2.46. The molecule has 0 atom stereocenters. The van der Waals surface area contributed by atoms with E-state index in [2.05, 4.69) is 26.5 Å². The molecule has 2 aromatic heterocycles. The van der Waals surface area contributed by atoms with Gasteiger partial charge in [-0.05, 0) is 60.1 Å². The molecule has 1 aliphatic rings. The Bertz CT molecular complexity index is 790. The van der Waals surface area contributed by atoms with Crippen LogP contribution in [0.4, 0.5) is 4.39 Å². The van der Waals surface area contributed by atoms with Crippen molar-refractivity contribution < 1.29 is 4.39 Å². The van der Waals surface area contributed by atoms with Gasteiger partial charge < -0.3 is 0 Å². The summed E-state index contributed by atoms with van der Waals surface area (Å²) in [6, 6.07) is 8.61. The van der Waals surface area contributed by atoms with Crippen LogP contribution in [0.25, 0.3) is 16.8 Å². The van der Waals surface area contributed by atoms with Crippen molar-refractivity contribution in [3.63, 3.8) is 0 Å². The van der Waals surface area contributed by atoms with Gasteiger partial charge in [-0.1, -0.05) is 12.1 Å². The molecule has 3 aromatic rings. The first kappa shape index (κ1) is 13.3. The normalized spacial score (nSPS) is 15.7. The van der Waals surface area contributed by atoms with E-state index in [1.165, 1.54) is 25.0 Å². The molecule has 1 saturated heterocycles. The van der Waals surface area contributed by atoms with Gasteiger partial charge in [-0.3, -0.25) is 4.90 Å². The molecule has 0 spiro atoms. The second-order valence-corrected chi connectivity index (χ2v) is 5.69. The highest BCUT2D eigenvalue weighted by Crippen LogP contribution is 2.24. The zero-order valence-corrected chi connectivity index (χ0v) is 12.1. The van der Waals surface area contributed by atoms with Crippen LogP contribution in [-0.2, 0) is 6.54 Å². The topological polar surface area (TPSA) is 46.3 Å². The third-order valence-electron chi connectivity index (χ3n) is 4.14. The number of tetrazole rings is 1. The number of nitrogens with zero attached hydrogens (tertiary/aromatic N) is 5. The molecule has 4 rings (SSSR count). The van der Waals surface area contributed by atoms with E-state index in [0.717, 1.165) is 42.0 Å². The first-order valence-electron chi connectivity index (χ1n) is 7.48. The molecule has 22 heavy (non-hydrogen) atoms. The quantitative estimate of drug-likeness (QED) is 0.745. The van der Waals surface area contributed by atoms with Gasteiger partial charge in [0.2, 0.25) is 0 Å². The van der Waals surface area contributed by atoms with Crippen LogP contribution < -0.4 is 0 Å². The predicted molar refractivity (Wildman–Crippen MR) is 80.7 cm³/mol. The van der Waals surface area contributed by atoms with E-state index >= 15 is 0 Å². The molecule has 3 heterocycles. The van der Waals surface area contributed by atoms with E-state index in [0.29, 0.717) is 0 Å². The smallest absolute Gasteiger partial charge is 0.183 e. The lowest BCUT2D eigenvalue weighted by molar-refractivity contribution is 0.332. The van der Waals surface area contributed by atoms with E-state index in [1.807, 2.05) is 6.20 Å². The summed E-state index contributed by atoms with van der Waals surface area (Å²) in [7, 11) is 0. The SMILES string of the molecule is Fc1ccc(-c2cc(CN3CCCC3)c3nnnn3c2)cc1. The van der Waals surface area contributed by atoms with Crippen LogP contribution in [0.1, 0.15) is 18.4 Å². The summed E-state index contributed by atoms with van der Waals surface area (Å²) in [5.41, 5.74) is 3.85. The summed E-state index contributed by atoms with van der Waals surface area (Å²) in [6.07, 6.45) is 4.38. The van der Waals surface area contributed by atoms with Crippen molar-refractivity contribution in [2.75, 3.05) is 13.1 Å². The predicted octanol–water partition coefficient (Wildman–Crippen LogP) is 2.53. The number of rotatable bonds is 3. The zero-order valence-electron chi connectivity index (χ0n) is 12.1. The van der Waals surface area contributed by atoms with Gasteiger partial charge in [0.15, 0.2) is 5.65 Å². The molecule has 1 fully saturated rings. The van der Waals surface area contributed by atoms with E-state index in [9.17, 15) is 4.39 Å². The van der Waals surface area contributed by atoms with Gasteiger partial charge in [0.05, 0.1) is 0 Å². The van der Waals surface area contributed by atoms with E-state index < -0.39 is 0 Å². The van der Waals surface area contributed by atoms with Gasteiger partial charge in [0.25, 0.3) is 0 Å². The Kier molecular flexibility index (Phi) is 3.31. The van der Waals surface area contributed by atoms with Gasteiger partial charge in [0, 0.05) is 23.9 Å². The molecular weight excluding hydrogens is 281 g/mol. The van der Waals surface area contributed by atoms with Crippen molar-refractivity contribution in [2.24, 2.45) is 0 Å². The largest absolute Gasteiger partial charge is 0.299 e. The molecule has 0 unspecified atom stereocenters. The highest BCUT2D eigenvalue weighted by atomic mass is 19.1. The Labute approximate surface area is 127 Å². The fourth-order valence-electron chi connectivity index (χ4n) is 3.01. The number of halogens is 1. The molecule has 5 nitrogen and oxygen atoms in total. The number of pyridine rings is 1. The molecule has 112 valence electrons. The monoisotopic (exact) mass is 297 g/mol. The zero-order chi connectivity index (χ0) is 14.9. The van der Waals surface area contributed by atoms with Gasteiger partial charge >= 0.3 is 0 Å². The second-order valence-electron chi connectivity index (χ2n) is 5.69. The molecule has 0 N–H and O–H groups in total. The summed E-state index contributed by atoms with van der Waals surface area (Å²) in [5, 5.41) is 11.9. The Balaban J connectivity index is 1.77. The molecule has 0 bridgehead atoms. The summed E-state index contributed by atoms with van der Waals surface area (Å²) < 4.78 is 14.8. The molecular formula is C16H16FN5. The minimum Gasteiger partial charge on any atom is -0.299 e. The Morgan fingerprint density at radius 3 is 2.59 bits per heavy atom. The van der Waals surface area contributed by atoms with Crippen molar-refractivity contribution in [1.29, 1.82) is 0 Å². The molecule has 0 amide bonds. The summed E-state index contributed by atoms with van der Waals surface area (Å²) >= 11 is 0. The lowest BCUT2D eigenvalue weighted by atomic mass is 10.1. The van der Waals surface area contributed by atoms with Crippen molar-refractivity contribution >= 4 is 5.65 Å². The maximum atomic E-state index is 13.1. The molecule has 1 aliphatic heterocycles. The van der Waals surface area contributed by atoms with Crippen LogP contribution in [0.2, 0.25) is 0 Å². The molecule has 0 radical (unpaired) electrons. The molecule has 0 aliphatic carbocycles. The van der Waals surface area contributed by atoms with Crippen LogP contribution in [-0.4, -0.2) is 38.0 Å². The second kappa shape index (κ2) is 5.46. The van der Waals surface area contributed by atoms with E-state index in [1.54, 1.807) is 16.6 Å². The highest BCUT2D eigenvalue weighted by Gasteiger charge is 2.16. The Hall–Kier alpha value is -2.34. The first-order valence-corrected chi connectivity index (χ1v) is 7.48. The number of benzene rings is 1. The Morgan fingerprint density at radius 2 is 1.82 bits per heavy atom. The number of hydrogen-bond donors (Lipinski definition) is 0. The van der Waals surface area contributed by atoms with Crippen molar-refractivity contribution in [3.05, 3.63) is 47.9 Å². The van der Waals surface area contributed by atoms with Crippen molar-refractivity contribution in [3.8, 4) is 11.1 Å². The maximum absolute atomic E-state index is 13.1. The number of aromatic nitrogens is 4. The highest BCUT2D eigenvalue weighted by molar-refractivity contribution is 5.66. The van der Waals surface area contributed by atoms with Gasteiger partial charge in [-0.25, -0.2) is 4.39 Å². The third-order valence-corrected chi connectivity index (χ3v) is 4.14. The van der Waals surface area contributed by atoms with Crippen LogP contribution in [0.5, 0.6) is 0 Å². The van der Waals surface area contributed by atoms with Gasteiger partial charge in [-0.2, -0.15) is 4.52 Å². The average Bonchev–Trinajstić information content (AvgIpc) is 3.19. The standard InChI is InChI=1S/C16H16FN5/c17-15-5-3-12(4-6-15)13-9-14(10-21-7-1-2-8-21)16-18-19-20-22(16)11-13/h3-6,9,11H,1-2,7-8,10H2. The lowest BCUT2D eigenvalue weighted by Gasteiger charge is -2.15. The number of fused-ring (bicyclic) bond motifs is 1. The average molecular weight is 297 g/mol. The Morgan fingerprint density at radius 1 is 1.05 bits per heavy atom. The van der Waals surface area contributed by atoms with Crippen molar-refractivity contribution in [1.82, 2.24) is 24.9 Å². The minimum atomic E-state index is -0.232. The summed E-state index contributed by atoms with van der Waals surface area (Å²) in [4.78, 5) is 2.42. The minimum absolute atomic E-state index is 0.232.